The summed E-state index contributed by atoms with van der Waals surface area (Å²) >= 11 is 0. The van der Waals surface area contributed by atoms with Gasteiger partial charge in [0.25, 0.3) is 11.5 Å². The van der Waals surface area contributed by atoms with Crippen LogP contribution in [0.1, 0.15) is 22.5 Å². The molecule has 0 unspecified atom stereocenters. The number of aromatic nitrogens is 2. The molecule has 1 aromatic heterocycles. The van der Waals surface area contributed by atoms with Crippen LogP contribution in [-0.2, 0) is 6.54 Å². The molecule has 0 radical (unpaired) electrons. The van der Waals surface area contributed by atoms with Crippen molar-refractivity contribution >= 4 is 11.6 Å². The molecule has 28 heavy (non-hydrogen) atoms. The standard InChI is InChI=1S/C22H24N4O2/c1-25(19-11-6-3-7-12-19)16-8-15-23-22(28)20-13-14-21(27)26(24-20)17-18-9-4-2-5-10-18/h2-7,9-14H,8,15-17H2,1H3,(H,23,28). The highest BCUT2D eigenvalue weighted by atomic mass is 16.2. The van der Waals surface area contributed by atoms with E-state index in [-0.39, 0.29) is 17.2 Å². The first-order chi connectivity index (χ1) is 13.6. The van der Waals surface area contributed by atoms with Gasteiger partial charge in [0, 0.05) is 31.9 Å². The van der Waals surface area contributed by atoms with Crippen LogP contribution in [0.2, 0.25) is 0 Å². The van der Waals surface area contributed by atoms with Crippen LogP contribution in [-0.4, -0.2) is 35.8 Å². The van der Waals surface area contributed by atoms with Crippen molar-refractivity contribution in [3.8, 4) is 0 Å². The van der Waals surface area contributed by atoms with Crippen LogP contribution in [0.5, 0.6) is 0 Å². The van der Waals surface area contributed by atoms with Gasteiger partial charge in [-0.1, -0.05) is 48.5 Å². The molecule has 0 saturated heterocycles. The summed E-state index contributed by atoms with van der Waals surface area (Å²) in [5, 5.41) is 7.08. The average molecular weight is 376 g/mol. The van der Waals surface area contributed by atoms with E-state index in [4.69, 9.17) is 0 Å². The number of benzene rings is 2. The van der Waals surface area contributed by atoms with E-state index in [1.54, 1.807) is 0 Å². The van der Waals surface area contributed by atoms with Gasteiger partial charge in [0.05, 0.1) is 6.54 Å². The lowest BCUT2D eigenvalue weighted by atomic mass is 10.2. The molecule has 6 nitrogen and oxygen atoms in total. The Morgan fingerprint density at radius 1 is 1.00 bits per heavy atom. The molecule has 1 amide bonds. The minimum atomic E-state index is -0.274. The van der Waals surface area contributed by atoms with Crippen LogP contribution in [0, 0.1) is 0 Å². The molecule has 1 N–H and O–H groups in total. The average Bonchev–Trinajstić information content (AvgIpc) is 2.74. The summed E-state index contributed by atoms with van der Waals surface area (Å²) in [5.74, 6) is -0.274. The van der Waals surface area contributed by atoms with Gasteiger partial charge < -0.3 is 10.2 Å². The molecular formula is C22H24N4O2. The lowest BCUT2D eigenvalue weighted by Crippen LogP contribution is -2.31. The third-order valence-electron chi connectivity index (χ3n) is 4.43. The molecule has 0 aliphatic heterocycles. The molecule has 0 aliphatic carbocycles. The van der Waals surface area contributed by atoms with Crippen LogP contribution in [0.3, 0.4) is 0 Å². The van der Waals surface area contributed by atoms with Crippen LogP contribution in [0.25, 0.3) is 0 Å². The second kappa shape index (κ2) is 9.50. The Morgan fingerprint density at radius 3 is 2.39 bits per heavy atom. The van der Waals surface area contributed by atoms with Gasteiger partial charge in [-0.2, -0.15) is 5.10 Å². The molecule has 3 aromatic rings. The zero-order valence-corrected chi connectivity index (χ0v) is 15.9. The van der Waals surface area contributed by atoms with Crippen LogP contribution < -0.4 is 15.8 Å². The summed E-state index contributed by atoms with van der Waals surface area (Å²) in [6.45, 7) is 1.70. The van der Waals surface area contributed by atoms with Gasteiger partial charge in [0.1, 0.15) is 5.69 Å². The lowest BCUT2D eigenvalue weighted by Gasteiger charge is -2.19. The third-order valence-corrected chi connectivity index (χ3v) is 4.43. The number of anilines is 1. The summed E-state index contributed by atoms with van der Waals surface area (Å²) in [5.41, 5.74) is 2.11. The van der Waals surface area contributed by atoms with E-state index in [1.165, 1.54) is 16.8 Å². The normalized spacial score (nSPS) is 10.5. The topological polar surface area (TPSA) is 67.2 Å². The van der Waals surface area contributed by atoms with Crippen molar-refractivity contribution in [2.24, 2.45) is 0 Å². The van der Waals surface area contributed by atoms with Crippen LogP contribution in [0.15, 0.2) is 77.6 Å². The van der Waals surface area contributed by atoms with Crippen molar-refractivity contribution < 1.29 is 4.79 Å². The molecule has 0 spiro atoms. The predicted molar refractivity (Wildman–Crippen MR) is 111 cm³/mol. The summed E-state index contributed by atoms with van der Waals surface area (Å²) in [6, 6.07) is 22.5. The Morgan fingerprint density at radius 2 is 1.68 bits per heavy atom. The molecule has 0 aliphatic rings. The number of para-hydroxylation sites is 1. The second-order valence-corrected chi connectivity index (χ2v) is 6.57. The molecule has 3 rings (SSSR count). The van der Waals surface area contributed by atoms with Crippen LogP contribution >= 0.6 is 0 Å². The minimum absolute atomic E-state index is 0.232. The van der Waals surface area contributed by atoms with Gasteiger partial charge >= 0.3 is 0 Å². The molecule has 0 fully saturated rings. The van der Waals surface area contributed by atoms with Gasteiger partial charge in [-0.05, 0) is 30.2 Å². The quantitative estimate of drug-likeness (QED) is 0.614. The largest absolute Gasteiger partial charge is 0.375 e. The number of nitrogens with zero attached hydrogens (tertiary/aromatic N) is 3. The minimum Gasteiger partial charge on any atom is -0.375 e. The Labute approximate surface area is 164 Å². The summed E-state index contributed by atoms with van der Waals surface area (Å²) in [4.78, 5) is 26.5. The second-order valence-electron chi connectivity index (χ2n) is 6.57. The Kier molecular flexibility index (Phi) is 6.57. The monoisotopic (exact) mass is 376 g/mol. The van der Waals surface area contributed by atoms with Gasteiger partial charge in [0.2, 0.25) is 0 Å². The van der Waals surface area contributed by atoms with E-state index < -0.39 is 0 Å². The number of carbonyl (C=O) groups excluding carboxylic acids is 1. The van der Waals surface area contributed by atoms with E-state index in [9.17, 15) is 9.59 Å². The van der Waals surface area contributed by atoms with Crippen molar-refractivity contribution in [2.75, 3.05) is 25.0 Å². The molecule has 6 heteroatoms. The highest BCUT2D eigenvalue weighted by molar-refractivity contribution is 5.91. The number of carbonyl (C=O) groups is 1. The van der Waals surface area contributed by atoms with Crippen molar-refractivity contribution in [2.45, 2.75) is 13.0 Å². The fraction of sp³-hybridized carbons (Fsp3) is 0.227. The first-order valence-electron chi connectivity index (χ1n) is 9.30. The number of hydrogen-bond acceptors (Lipinski definition) is 4. The SMILES string of the molecule is CN(CCCNC(=O)c1ccc(=O)n(Cc2ccccc2)n1)c1ccccc1. The number of nitrogens with one attached hydrogen (secondary N) is 1. The molecular weight excluding hydrogens is 352 g/mol. The van der Waals surface area contributed by atoms with Gasteiger partial charge in [-0.15, -0.1) is 0 Å². The molecule has 0 bridgehead atoms. The smallest absolute Gasteiger partial charge is 0.271 e. The number of rotatable bonds is 8. The number of hydrogen-bond donors (Lipinski definition) is 1. The maximum Gasteiger partial charge on any atom is 0.271 e. The first-order valence-corrected chi connectivity index (χ1v) is 9.30. The van der Waals surface area contributed by atoms with Gasteiger partial charge in [0.15, 0.2) is 0 Å². The van der Waals surface area contributed by atoms with E-state index in [2.05, 4.69) is 27.4 Å². The first kappa shape index (κ1) is 19.4. The third kappa shape index (κ3) is 5.30. The van der Waals surface area contributed by atoms with Crippen molar-refractivity contribution in [1.82, 2.24) is 15.1 Å². The molecule has 144 valence electrons. The van der Waals surface area contributed by atoms with E-state index >= 15 is 0 Å². The molecule has 2 aromatic carbocycles. The Bertz CT molecular complexity index is 955. The maximum absolute atomic E-state index is 12.4. The zero-order valence-electron chi connectivity index (χ0n) is 15.9. The van der Waals surface area contributed by atoms with Crippen LogP contribution in [0.4, 0.5) is 5.69 Å². The maximum atomic E-state index is 12.4. The summed E-state index contributed by atoms with van der Waals surface area (Å²) < 4.78 is 1.31. The van der Waals surface area contributed by atoms with E-state index in [1.807, 2.05) is 55.6 Å². The lowest BCUT2D eigenvalue weighted by molar-refractivity contribution is 0.0946. The number of amides is 1. The highest BCUT2D eigenvalue weighted by Crippen LogP contribution is 2.10. The van der Waals surface area contributed by atoms with Crippen molar-refractivity contribution in [3.63, 3.8) is 0 Å². The zero-order chi connectivity index (χ0) is 19.8. The highest BCUT2D eigenvalue weighted by Gasteiger charge is 2.10. The van der Waals surface area contributed by atoms with E-state index in [0.29, 0.717) is 13.1 Å². The Balaban J connectivity index is 1.53. The van der Waals surface area contributed by atoms with Gasteiger partial charge in [-0.3, -0.25) is 9.59 Å². The van der Waals surface area contributed by atoms with Crippen molar-refractivity contribution in [1.29, 1.82) is 0 Å². The molecule has 0 saturated carbocycles. The van der Waals surface area contributed by atoms with E-state index in [0.717, 1.165) is 24.2 Å². The fourth-order valence-corrected chi connectivity index (χ4v) is 2.86. The summed E-state index contributed by atoms with van der Waals surface area (Å²) in [6.07, 6.45) is 0.806. The molecule has 0 atom stereocenters. The fourth-order valence-electron chi connectivity index (χ4n) is 2.86. The molecule has 1 heterocycles. The Hall–Kier alpha value is -3.41. The van der Waals surface area contributed by atoms with Gasteiger partial charge in [-0.25, -0.2) is 4.68 Å². The predicted octanol–water partition coefficient (Wildman–Crippen LogP) is 2.55. The van der Waals surface area contributed by atoms with Crippen molar-refractivity contribution in [3.05, 3.63) is 94.4 Å². The summed E-state index contributed by atoms with van der Waals surface area (Å²) in [7, 11) is 2.03.